The molecule has 0 aromatic rings. The smallest absolute Gasteiger partial charge is 0.00965 e. The van der Waals surface area contributed by atoms with Gasteiger partial charge in [0.1, 0.15) is 0 Å². The van der Waals surface area contributed by atoms with E-state index < -0.39 is 0 Å². The maximum absolute atomic E-state index is 3.59. The van der Waals surface area contributed by atoms with Crippen LogP contribution in [0.5, 0.6) is 0 Å². The quantitative estimate of drug-likeness (QED) is 0.826. The third kappa shape index (κ3) is 5.27. The first-order valence-electron chi connectivity index (χ1n) is 7.58. The summed E-state index contributed by atoms with van der Waals surface area (Å²) in [6, 6.07) is 0.715. The molecule has 2 atom stereocenters. The lowest BCUT2D eigenvalue weighted by Gasteiger charge is -2.30. The Morgan fingerprint density at radius 1 is 1.17 bits per heavy atom. The van der Waals surface area contributed by atoms with Crippen LogP contribution in [-0.4, -0.2) is 36.1 Å². The summed E-state index contributed by atoms with van der Waals surface area (Å²) in [5, 5.41) is 3.59. The third-order valence-corrected chi connectivity index (χ3v) is 4.29. The predicted octanol–water partition coefficient (Wildman–Crippen LogP) is 3.52. The average Bonchev–Trinajstić information content (AvgIpc) is 2.62. The van der Waals surface area contributed by atoms with Crippen molar-refractivity contribution in [3.05, 3.63) is 0 Å². The number of nitrogens with zero attached hydrogens (tertiary/aromatic N) is 1. The Hall–Kier alpha value is -0.0800. The molecule has 18 heavy (non-hydrogen) atoms. The van der Waals surface area contributed by atoms with Gasteiger partial charge in [-0.3, -0.25) is 0 Å². The van der Waals surface area contributed by atoms with Crippen molar-refractivity contribution in [3.8, 4) is 0 Å². The monoisotopic (exact) mass is 254 g/mol. The molecule has 2 unspecified atom stereocenters. The fraction of sp³-hybridized carbons (Fsp3) is 1.00. The van der Waals surface area contributed by atoms with Crippen LogP contribution < -0.4 is 5.32 Å². The zero-order valence-electron chi connectivity index (χ0n) is 13.6. The molecule has 2 nitrogen and oxygen atoms in total. The van der Waals surface area contributed by atoms with Gasteiger partial charge in [0, 0.05) is 18.1 Å². The Kier molecular flexibility index (Phi) is 5.25. The molecule has 0 aromatic carbocycles. The molecular weight excluding hydrogens is 220 g/mol. The first-order chi connectivity index (χ1) is 8.09. The summed E-state index contributed by atoms with van der Waals surface area (Å²) in [5.74, 6) is 0.871. The van der Waals surface area contributed by atoms with Crippen molar-refractivity contribution in [3.63, 3.8) is 0 Å². The maximum atomic E-state index is 3.59. The zero-order chi connectivity index (χ0) is 14.0. The highest BCUT2D eigenvalue weighted by Gasteiger charge is 2.33. The summed E-state index contributed by atoms with van der Waals surface area (Å²) in [7, 11) is 0. The van der Waals surface area contributed by atoms with Crippen molar-refractivity contribution in [2.75, 3.05) is 19.6 Å². The second-order valence-corrected chi connectivity index (χ2v) is 8.16. The van der Waals surface area contributed by atoms with Crippen LogP contribution in [0.3, 0.4) is 0 Å². The van der Waals surface area contributed by atoms with Gasteiger partial charge in [-0.05, 0) is 65.0 Å². The molecule has 1 rings (SSSR count). The Bertz CT molecular complexity index is 247. The molecule has 1 heterocycles. The molecule has 1 saturated heterocycles. The Balaban J connectivity index is 2.30. The molecule has 1 N–H and O–H groups in total. The SMILES string of the molecule is CC(CCNC(C)(C)C)N1CCC(C(C)(C)C)C1. The number of rotatable bonds is 4. The molecule has 2 heteroatoms. The van der Waals surface area contributed by atoms with Crippen molar-refractivity contribution in [1.29, 1.82) is 0 Å². The molecule has 0 aromatic heterocycles. The number of nitrogens with one attached hydrogen (secondary N) is 1. The number of likely N-dealkylation sites (tertiary alicyclic amines) is 1. The van der Waals surface area contributed by atoms with Crippen LogP contribution in [0, 0.1) is 11.3 Å². The molecule has 0 bridgehead atoms. The molecule has 0 aliphatic carbocycles. The van der Waals surface area contributed by atoms with Crippen molar-refractivity contribution in [2.45, 2.75) is 72.9 Å². The first-order valence-corrected chi connectivity index (χ1v) is 7.58. The van der Waals surface area contributed by atoms with Gasteiger partial charge in [0.05, 0.1) is 0 Å². The van der Waals surface area contributed by atoms with Gasteiger partial charge in [-0.15, -0.1) is 0 Å². The number of hydrogen-bond acceptors (Lipinski definition) is 2. The Morgan fingerprint density at radius 3 is 2.22 bits per heavy atom. The van der Waals surface area contributed by atoms with Gasteiger partial charge >= 0.3 is 0 Å². The van der Waals surface area contributed by atoms with Gasteiger partial charge in [0.2, 0.25) is 0 Å². The van der Waals surface area contributed by atoms with Gasteiger partial charge in [-0.25, -0.2) is 0 Å². The lowest BCUT2D eigenvalue weighted by molar-refractivity contribution is 0.194. The van der Waals surface area contributed by atoms with Gasteiger partial charge in [-0.1, -0.05) is 20.8 Å². The van der Waals surface area contributed by atoms with E-state index in [9.17, 15) is 0 Å². The highest BCUT2D eigenvalue weighted by atomic mass is 15.2. The van der Waals surface area contributed by atoms with E-state index in [0.29, 0.717) is 11.5 Å². The zero-order valence-corrected chi connectivity index (χ0v) is 13.6. The van der Waals surface area contributed by atoms with Crippen LogP contribution in [-0.2, 0) is 0 Å². The Morgan fingerprint density at radius 2 is 1.78 bits per heavy atom. The lowest BCUT2D eigenvalue weighted by atomic mass is 9.80. The molecule has 1 aliphatic rings. The summed E-state index contributed by atoms with van der Waals surface area (Å²) in [6.45, 7) is 20.0. The lowest BCUT2D eigenvalue weighted by Crippen LogP contribution is -2.40. The molecule has 0 amide bonds. The van der Waals surface area contributed by atoms with E-state index in [1.54, 1.807) is 0 Å². The van der Waals surface area contributed by atoms with E-state index in [1.807, 2.05) is 0 Å². The topological polar surface area (TPSA) is 15.3 Å². The number of hydrogen-bond donors (Lipinski definition) is 1. The average molecular weight is 254 g/mol. The second kappa shape index (κ2) is 5.92. The van der Waals surface area contributed by atoms with Gasteiger partial charge in [-0.2, -0.15) is 0 Å². The highest BCUT2D eigenvalue weighted by molar-refractivity contribution is 4.86. The van der Waals surface area contributed by atoms with E-state index in [0.717, 1.165) is 12.5 Å². The maximum Gasteiger partial charge on any atom is 0.00965 e. The summed E-state index contributed by atoms with van der Waals surface area (Å²) in [6.07, 6.45) is 2.63. The molecule has 1 aliphatic heterocycles. The van der Waals surface area contributed by atoms with E-state index in [2.05, 4.69) is 58.7 Å². The van der Waals surface area contributed by atoms with Crippen LogP contribution in [0.1, 0.15) is 61.3 Å². The molecular formula is C16H34N2. The van der Waals surface area contributed by atoms with Crippen LogP contribution >= 0.6 is 0 Å². The van der Waals surface area contributed by atoms with Crippen molar-refractivity contribution in [1.82, 2.24) is 10.2 Å². The molecule has 0 radical (unpaired) electrons. The summed E-state index contributed by atoms with van der Waals surface area (Å²) in [5.41, 5.74) is 0.719. The van der Waals surface area contributed by atoms with Crippen LogP contribution in [0.4, 0.5) is 0 Å². The summed E-state index contributed by atoms with van der Waals surface area (Å²) < 4.78 is 0. The minimum absolute atomic E-state index is 0.249. The van der Waals surface area contributed by atoms with E-state index in [-0.39, 0.29) is 5.54 Å². The standard InChI is InChI=1S/C16H34N2/c1-13(8-10-17-16(5,6)7)18-11-9-14(12-18)15(2,3)4/h13-14,17H,8-12H2,1-7H3. The second-order valence-electron chi connectivity index (χ2n) is 8.16. The minimum atomic E-state index is 0.249. The van der Waals surface area contributed by atoms with Crippen molar-refractivity contribution >= 4 is 0 Å². The normalized spacial score (nSPS) is 24.5. The van der Waals surface area contributed by atoms with Gasteiger partial charge in [0.25, 0.3) is 0 Å². The van der Waals surface area contributed by atoms with E-state index in [4.69, 9.17) is 0 Å². The van der Waals surface area contributed by atoms with Crippen molar-refractivity contribution < 1.29 is 0 Å². The Labute approximate surface area is 115 Å². The largest absolute Gasteiger partial charge is 0.312 e. The van der Waals surface area contributed by atoms with Crippen LogP contribution in [0.2, 0.25) is 0 Å². The predicted molar refractivity (Wildman–Crippen MR) is 81.0 cm³/mol. The fourth-order valence-electron chi connectivity index (χ4n) is 2.73. The fourth-order valence-corrected chi connectivity index (χ4v) is 2.73. The summed E-state index contributed by atoms with van der Waals surface area (Å²) in [4.78, 5) is 2.68. The van der Waals surface area contributed by atoms with E-state index in [1.165, 1.54) is 25.9 Å². The molecule has 108 valence electrons. The van der Waals surface area contributed by atoms with Crippen LogP contribution in [0.15, 0.2) is 0 Å². The molecule has 0 saturated carbocycles. The summed E-state index contributed by atoms with van der Waals surface area (Å²) >= 11 is 0. The molecule has 0 spiro atoms. The van der Waals surface area contributed by atoms with Crippen LogP contribution in [0.25, 0.3) is 0 Å². The van der Waals surface area contributed by atoms with Gasteiger partial charge < -0.3 is 10.2 Å². The molecule has 1 fully saturated rings. The minimum Gasteiger partial charge on any atom is -0.312 e. The van der Waals surface area contributed by atoms with Gasteiger partial charge in [0.15, 0.2) is 0 Å². The van der Waals surface area contributed by atoms with Crippen molar-refractivity contribution in [2.24, 2.45) is 11.3 Å². The highest BCUT2D eigenvalue weighted by Crippen LogP contribution is 2.34. The first kappa shape index (κ1) is 16.0. The van der Waals surface area contributed by atoms with E-state index >= 15 is 0 Å². The third-order valence-electron chi connectivity index (χ3n) is 4.29.